The number of rotatable bonds is 9. The number of pyridine rings is 1. The SMILES string of the molecule is CSOCCn1ccc(N=C(C=C(N)C(C)(C)C)NC(=O)N[C@H]2CC[C@@H](Oc3ccc(=N)n(C(=N)N4CCCC[C@@H]4C)c3)c3ccccc32)n1. The van der Waals surface area contributed by atoms with Crippen LogP contribution in [0.1, 0.15) is 83.1 Å². The van der Waals surface area contributed by atoms with Crippen molar-refractivity contribution in [2.45, 2.75) is 84.5 Å². The van der Waals surface area contributed by atoms with E-state index in [0.29, 0.717) is 49.2 Å². The summed E-state index contributed by atoms with van der Waals surface area (Å²) in [5.74, 6) is 1.60. The van der Waals surface area contributed by atoms with E-state index in [2.05, 4.69) is 32.5 Å². The summed E-state index contributed by atoms with van der Waals surface area (Å²) in [6.07, 6.45) is 11.4. The number of amides is 2. The summed E-state index contributed by atoms with van der Waals surface area (Å²) in [6, 6.07) is 12.8. The first-order valence-corrected chi connectivity index (χ1v) is 18.3. The van der Waals surface area contributed by atoms with Crippen LogP contribution in [0.15, 0.2) is 71.6 Å². The molecule has 2 aliphatic rings. The van der Waals surface area contributed by atoms with E-state index in [9.17, 15) is 4.79 Å². The fraction of sp³-hybridized carbons (Fsp3) is 0.472. The highest BCUT2D eigenvalue weighted by atomic mass is 32.2. The number of allylic oxidation sites excluding steroid dienone is 1. The van der Waals surface area contributed by atoms with E-state index in [1.54, 1.807) is 39.7 Å². The second kappa shape index (κ2) is 16.4. The lowest BCUT2D eigenvalue weighted by Gasteiger charge is -2.36. The molecule has 1 aromatic carbocycles. The first kappa shape index (κ1) is 36.7. The fourth-order valence-corrected chi connectivity index (χ4v) is 6.35. The molecule has 0 saturated carbocycles. The Hall–Kier alpha value is -4.56. The van der Waals surface area contributed by atoms with Crippen LogP contribution in [-0.2, 0) is 10.7 Å². The van der Waals surface area contributed by atoms with E-state index >= 15 is 0 Å². The van der Waals surface area contributed by atoms with Crippen molar-refractivity contribution in [3.8, 4) is 5.75 Å². The van der Waals surface area contributed by atoms with Crippen LogP contribution in [0, 0.1) is 16.2 Å². The molecular formula is C36H50N10O3S. The highest BCUT2D eigenvalue weighted by Crippen LogP contribution is 2.38. The van der Waals surface area contributed by atoms with Crippen molar-refractivity contribution >= 4 is 35.7 Å². The van der Waals surface area contributed by atoms with E-state index in [1.165, 1.54) is 12.0 Å². The van der Waals surface area contributed by atoms with Crippen molar-refractivity contribution in [1.29, 1.82) is 10.8 Å². The molecule has 1 fully saturated rings. The first-order valence-electron chi connectivity index (χ1n) is 17.1. The zero-order valence-electron chi connectivity index (χ0n) is 29.6. The van der Waals surface area contributed by atoms with Gasteiger partial charge in [0.2, 0.25) is 5.96 Å². The highest BCUT2D eigenvalue weighted by molar-refractivity contribution is 7.93. The standard InChI is InChI=1S/C36H50N10O3S/c1-24-10-8-9-18-45(24)34(39)46-23-25(13-16-31(46)38)49-29-15-14-28(26-11-6-7-12-27(26)29)40-35(47)42-33(22-30(37)36(2,3)4)41-32-17-19-44(43-32)20-21-48-50-5/h6-7,11-13,16-17,19,22-24,28-29,38-39H,8-10,14-15,18,20-21,37H2,1-5H3,(H2,40,41,42,43,47)/t24-,28-,29+/m0/s1. The number of nitrogens with zero attached hydrogens (tertiary/aromatic N) is 5. The van der Waals surface area contributed by atoms with Gasteiger partial charge in [-0.1, -0.05) is 45.0 Å². The van der Waals surface area contributed by atoms with Gasteiger partial charge in [-0.2, -0.15) is 5.10 Å². The lowest BCUT2D eigenvalue weighted by molar-refractivity contribution is 0.170. The zero-order valence-corrected chi connectivity index (χ0v) is 30.4. The molecule has 0 spiro atoms. The second-order valence-corrected chi connectivity index (χ2v) is 14.3. The van der Waals surface area contributed by atoms with E-state index in [1.807, 2.05) is 57.5 Å². The van der Waals surface area contributed by atoms with Crippen molar-refractivity contribution < 1.29 is 13.7 Å². The summed E-state index contributed by atoms with van der Waals surface area (Å²) < 4.78 is 15.2. The number of carbonyl (C=O) groups excluding carboxylic acids is 1. The average Bonchev–Trinajstić information content (AvgIpc) is 3.53. The number of likely N-dealkylation sites (tertiary alicyclic amines) is 1. The Labute approximate surface area is 298 Å². The van der Waals surface area contributed by atoms with Crippen LogP contribution in [0.4, 0.5) is 10.6 Å². The molecule has 6 N–H and O–H groups in total. The molecule has 3 atom stereocenters. The molecule has 14 heteroatoms. The van der Waals surface area contributed by atoms with Gasteiger partial charge in [0, 0.05) is 48.3 Å². The Morgan fingerprint density at radius 1 is 1.14 bits per heavy atom. The van der Waals surface area contributed by atoms with E-state index in [4.69, 9.17) is 25.5 Å². The molecule has 5 rings (SSSR count). The first-order chi connectivity index (χ1) is 23.9. The van der Waals surface area contributed by atoms with Crippen molar-refractivity contribution in [1.82, 2.24) is 29.9 Å². The highest BCUT2D eigenvalue weighted by Gasteiger charge is 2.30. The summed E-state index contributed by atoms with van der Waals surface area (Å²) in [6.45, 7) is 10.0. The van der Waals surface area contributed by atoms with Gasteiger partial charge in [-0.3, -0.25) is 25.4 Å². The van der Waals surface area contributed by atoms with Gasteiger partial charge in [-0.25, -0.2) is 9.79 Å². The molecule has 1 aliphatic heterocycles. The zero-order chi connectivity index (χ0) is 35.8. The largest absolute Gasteiger partial charge is 0.484 e. The topological polar surface area (TPSA) is 172 Å². The normalized spacial score (nSPS) is 19.9. The van der Waals surface area contributed by atoms with Crippen LogP contribution in [0.2, 0.25) is 0 Å². The van der Waals surface area contributed by atoms with Gasteiger partial charge >= 0.3 is 6.03 Å². The summed E-state index contributed by atoms with van der Waals surface area (Å²) in [5, 5.41) is 27.9. The number of piperidine rings is 1. The number of hydrogen-bond donors (Lipinski definition) is 5. The Kier molecular flexibility index (Phi) is 12.1. The van der Waals surface area contributed by atoms with Crippen molar-refractivity contribution in [2.75, 3.05) is 19.4 Å². The number of ether oxygens (including phenoxy) is 1. The Morgan fingerprint density at radius 3 is 2.66 bits per heavy atom. The minimum atomic E-state index is -0.411. The maximum atomic E-state index is 13.5. The minimum absolute atomic E-state index is 0.232. The van der Waals surface area contributed by atoms with Crippen LogP contribution >= 0.6 is 12.0 Å². The number of hydrogen-bond acceptors (Lipinski definition) is 9. The number of aliphatic imine (C=N–C) groups is 1. The summed E-state index contributed by atoms with van der Waals surface area (Å²) >= 11 is 1.30. The molecule has 0 bridgehead atoms. The van der Waals surface area contributed by atoms with Crippen LogP contribution in [0.3, 0.4) is 0 Å². The number of fused-ring (bicyclic) bond motifs is 1. The van der Waals surface area contributed by atoms with Gasteiger partial charge in [0.15, 0.2) is 5.82 Å². The third-order valence-corrected chi connectivity index (χ3v) is 9.43. The average molecular weight is 703 g/mol. The number of amidine groups is 1. The maximum Gasteiger partial charge on any atom is 0.320 e. The van der Waals surface area contributed by atoms with Crippen molar-refractivity contribution in [3.63, 3.8) is 0 Å². The fourth-order valence-electron chi connectivity index (χ4n) is 6.11. The van der Waals surface area contributed by atoms with Gasteiger partial charge in [-0.15, -0.1) is 0 Å². The lowest BCUT2D eigenvalue weighted by atomic mass is 9.85. The van der Waals surface area contributed by atoms with E-state index in [-0.39, 0.29) is 34.9 Å². The Balaban J connectivity index is 1.30. The quantitative estimate of drug-likeness (QED) is 0.0789. The summed E-state index contributed by atoms with van der Waals surface area (Å²) in [5.41, 5.74) is 8.80. The minimum Gasteiger partial charge on any atom is -0.484 e. The third-order valence-electron chi connectivity index (χ3n) is 9.03. The van der Waals surface area contributed by atoms with Gasteiger partial charge in [0.1, 0.15) is 23.2 Å². The number of benzene rings is 1. The molecular weight excluding hydrogens is 653 g/mol. The predicted molar refractivity (Wildman–Crippen MR) is 197 cm³/mol. The molecule has 2 amide bonds. The van der Waals surface area contributed by atoms with Crippen LogP contribution < -0.4 is 26.6 Å². The number of nitrogens with two attached hydrogens (primary N) is 1. The molecule has 268 valence electrons. The predicted octanol–water partition coefficient (Wildman–Crippen LogP) is 5.99. The van der Waals surface area contributed by atoms with Crippen molar-refractivity contribution in [3.05, 3.63) is 83.2 Å². The molecule has 2 aromatic heterocycles. The molecule has 0 radical (unpaired) electrons. The molecule has 1 aliphatic carbocycles. The van der Waals surface area contributed by atoms with Crippen LogP contribution in [-0.4, -0.2) is 62.5 Å². The molecule has 50 heavy (non-hydrogen) atoms. The van der Waals surface area contributed by atoms with Gasteiger partial charge < -0.3 is 24.9 Å². The Morgan fingerprint density at radius 2 is 1.92 bits per heavy atom. The number of urea groups is 1. The van der Waals surface area contributed by atoms with Crippen LogP contribution in [0.25, 0.3) is 0 Å². The maximum absolute atomic E-state index is 13.5. The molecule has 13 nitrogen and oxygen atoms in total. The third kappa shape index (κ3) is 9.36. The lowest BCUT2D eigenvalue weighted by Crippen LogP contribution is -2.47. The molecule has 0 unspecified atom stereocenters. The number of aromatic nitrogens is 3. The van der Waals surface area contributed by atoms with Gasteiger partial charge in [0.05, 0.1) is 25.4 Å². The van der Waals surface area contributed by atoms with Crippen LogP contribution in [0.5, 0.6) is 5.75 Å². The molecule has 1 saturated heterocycles. The number of nitrogens with one attached hydrogen (secondary N) is 4. The monoisotopic (exact) mass is 702 g/mol. The van der Waals surface area contributed by atoms with E-state index in [0.717, 1.165) is 36.9 Å². The summed E-state index contributed by atoms with van der Waals surface area (Å²) in [4.78, 5) is 20.2. The molecule has 3 heterocycles. The molecule has 3 aromatic rings. The Bertz CT molecular complexity index is 1780. The van der Waals surface area contributed by atoms with Gasteiger partial charge in [0.25, 0.3) is 0 Å². The summed E-state index contributed by atoms with van der Waals surface area (Å²) in [7, 11) is 0. The van der Waals surface area contributed by atoms with Gasteiger partial charge in [-0.05, 0) is 74.3 Å². The number of carbonyl (C=O) groups is 1. The van der Waals surface area contributed by atoms with E-state index < -0.39 is 6.03 Å². The smallest absolute Gasteiger partial charge is 0.320 e. The second-order valence-electron chi connectivity index (χ2n) is 13.7. The van der Waals surface area contributed by atoms with Crippen molar-refractivity contribution in [2.24, 2.45) is 16.1 Å².